The topological polar surface area (TPSA) is 28.4 Å². The van der Waals surface area contributed by atoms with Crippen molar-refractivity contribution in [2.75, 3.05) is 31.1 Å². The second-order valence-corrected chi connectivity index (χ2v) is 3.82. The first-order valence-electron chi connectivity index (χ1n) is 5.29. The van der Waals surface area contributed by atoms with Gasteiger partial charge >= 0.3 is 0 Å². The molecule has 16 heavy (non-hydrogen) atoms. The summed E-state index contributed by atoms with van der Waals surface area (Å²) in [6.45, 7) is 4.28. The third-order valence-corrected chi connectivity index (χ3v) is 2.86. The third-order valence-electron chi connectivity index (χ3n) is 2.86. The minimum absolute atomic E-state index is 0. The minimum atomic E-state index is 0. The Bertz CT molecular complexity index is 463. The van der Waals surface area contributed by atoms with Crippen molar-refractivity contribution in [1.82, 2.24) is 5.32 Å². The number of rotatable bonds is 1. The van der Waals surface area contributed by atoms with Crippen LogP contribution in [0.1, 0.15) is 0 Å². The summed E-state index contributed by atoms with van der Waals surface area (Å²) in [5.74, 6) is 0. The van der Waals surface area contributed by atoms with Crippen molar-refractivity contribution in [3.63, 3.8) is 0 Å². The summed E-state index contributed by atoms with van der Waals surface area (Å²) in [6.07, 6.45) is 2.76. The fraction of sp³-hybridized carbons (Fsp3) is 0.333. The second kappa shape index (κ2) is 4.91. The maximum Gasteiger partial charge on any atom is 0.0303 e. The molecule has 87 valence electrons. The molecule has 1 aromatic heterocycles. The van der Waals surface area contributed by atoms with Gasteiger partial charge in [0.15, 0.2) is 0 Å². The van der Waals surface area contributed by atoms with Crippen molar-refractivity contribution in [3.05, 3.63) is 30.5 Å². The van der Waals surface area contributed by atoms with Gasteiger partial charge in [-0.3, -0.25) is 0 Å². The van der Waals surface area contributed by atoms with Crippen LogP contribution in [0.4, 0.5) is 5.69 Å². The van der Waals surface area contributed by atoms with E-state index in [0.29, 0.717) is 0 Å². The van der Waals surface area contributed by atoms with E-state index in [9.17, 15) is 0 Å². The van der Waals surface area contributed by atoms with Crippen LogP contribution in [0.25, 0.3) is 11.0 Å². The molecule has 1 aliphatic rings. The number of piperazine rings is 1. The normalized spacial score (nSPS) is 16.1. The number of anilines is 1. The molecular weight excluding hydrogens is 247 g/mol. The van der Waals surface area contributed by atoms with Crippen LogP contribution in [-0.2, 0) is 16.8 Å². The third kappa shape index (κ3) is 2.09. The van der Waals surface area contributed by atoms with Gasteiger partial charge in [0.05, 0.1) is 0 Å². The Kier molecular flexibility index (Phi) is 3.53. The van der Waals surface area contributed by atoms with Crippen molar-refractivity contribution in [3.8, 4) is 0 Å². The van der Waals surface area contributed by atoms with Crippen LogP contribution in [-0.4, -0.2) is 26.2 Å². The predicted octanol–water partition coefficient (Wildman–Crippen LogP) is 1.64. The van der Waals surface area contributed by atoms with Crippen LogP contribution >= 0.6 is 0 Å². The monoisotopic (exact) mass is 260 g/mol. The number of nitrogens with one attached hydrogen (secondary N) is 1. The molecule has 1 aliphatic heterocycles. The van der Waals surface area contributed by atoms with Crippen LogP contribution in [0.5, 0.6) is 0 Å². The van der Waals surface area contributed by atoms with Gasteiger partial charge in [0, 0.05) is 48.6 Å². The molecule has 1 saturated heterocycles. The molecule has 0 spiro atoms. The van der Waals surface area contributed by atoms with Crippen LogP contribution < -0.4 is 10.2 Å². The Morgan fingerprint density at radius 1 is 1.25 bits per heavy atom. The molecule has 0 amide bonds. The molecule has 2 aromatic rings. The largest absolute Gasteiger partial charge is 0.591 e. The summed E-state index contributed by atoms with van der Waals surface area (Å²) in [5, 5.41) is 4.48. The number of hydrogen-bond acceptors (Lipinski definition) is 3. The van der Waals surface area contributed by atoms with Crippen molar-refractivity contribution >= 4 is 16.7 Å². The SMILES string of the molecule is [Co].[c-]1cc2cc(N3CCNCC3)ccc2o1. The molecule has 0 bridgehead atoms. The maximum absolute atomic E-state index is 5.20. The molecule has 0 atom stereocenters. The van der Waals surface area contributed by atoms with Crippen molar-refractivity contribution in [2.45, 2.75) is 0 Å². The van der Waals surface area contributed by atoms with Crippen molar-refractivity contribution in [2.24, 2.45) is 0 Å². The smallest absolute Gasteiger partial charge is 0.0303 e. The molecule has 2 heterocycles. The van der Waals surface area contributed by atoms with E-state index in [2.05, 4.69) is 28.6 Å². The van der Waals surface area contributed by atoms with E-state index >= 15 is 0 Å². The van der Waals surface area contributed by atoms with Crippen molar-refractivity contribution < 1.29 is 21.2 Å². The first-order chi connectivity index (χ1) is 7.43. The Morgan fingerprint density at radius 2 is 2.06 bits per heavy atom. The molecule has 3 nitrogen and oxygen atoms in total. The van der Waals surface area contributed by atoms with Gasteiger partial charge in [-0.2, -0.15) is 0 Å². The fourth-order valence-electron chi connectivity index (χ4n) is 2.02. The maximum atomic E-state index is 5.20. The minimum Gasteiger partial charge on any atom is -0.591 e. The van der Waals surface area contributed by atoms with Gasteiger partial charge in [-0.1, -0.05) is 12.1 Å². The van der Waals surface area contributed by atoms with Gasteiger partial charge in [-0.05, 0) is 17.9 Å². The molecular formula is C12H13CoN2O-. The average molecular weight is 260 g/mol. The number of hydrogen-bond donors (Lipinski definition) is 1. The number of nitrogens with zero attached hydrogens (tertiary/aromatic N) is 1. The molecule has 1 radical (unpaired) electrons. The van der Waals surface area contributed by atoms with E-state index in [0.717, 1.165) is 37.1 Å². The zero-order valence-electron chi connectivity index (χ0n) is 8.83. The van der Waals surface area contributed by atoms with E-state index in [1.54, 1.807) is 0 Å². The Morgan fingerprint density at radius 3 is 2.88 bits per heavy atom. The van der Waals surface area contributed by atoms with Gasteiger partial charge in [0.1, 0.15) is 0 Å². The van der Waals surface area contributed by atoms with Gasteiger partial charge in [-0.25, -0.2) is 0 Å². The van der Waals surface area contributed by atoms with Crippen molar-refractivity contribution in [1.29, 1.82) is 0 Å². The molecule has 1 fully saturated rings. The summed E-state index contributed by atoms with van der Waals surface area (Å²) in [4.78, 5) is 2.39. The zero-order valence-corrected chi connectivity index (χ0v) is 9.87. The zero-order chi connectivity index (χ0) is 10.1. The standard InChI is InChI=1S/C12H13N2O.Co/c1-2-12-10(3-8-15-12)9-11(1)14-6-4-13-5-7-14;/h1-3,9,13H,4-7H2;/q-1;. The Balaban J connectivity index is 0.000000963. The summed E-state index contributed by atoms with van der Waals surface area (Å²) >= 11 is 0. The summed E-state index contributed by atoms with van der Waals surface area (Å²) < 4.78 is 5.20. The molecule has 1 N–H and O–H groups in total. The number of furan rings is 1. The number of fused-ring (bicyclic) bond motifs is 1. The molecule has 1 aromatic carbocycles. The van der Waals surface area contributed by atoms with Gasteiger partial charge in [0.2, 0.25) is 0 Å². The quantitative estimate of drug-likeness (QED) is 0.790. The van der Waals surface area contributed by atoms with E-state index in [1.165, 1.54) is 5.69 Å². The summed E-state index contributed by atoms with van der Waals surface area (Å²) in [6, 6.07) is 8.19. The van der Waals surface area contributed by atoms with Gasteiger partial charge in [-0.15, -0.1) is 11.5 Å². The molecule has 0 aliphatic carbocycles. The molecule has 4 heteroatoms. The first-order valence-corrected chi connectivity index (χ1v) is 5.29. The fourth-order valence-corrected chi connectivity index (χ4v) is 2.02. The molecule has 3 rings (SSSR count). The summed E-state index contributed by atoms with van der Waals surface area (Å²) in [5.41, 5.74) is 2.19. The van der Waals surface area contributed by atoms with E-state index in [4.69, 9.17) is 4.42 Å². The van der Waals surface area contributed by atoms with E-state index < -0.39 is 0 Å². The number of benzene rings is 1. The van der Waals surface area contributed by atoms with Gasteiger partial charge in [0.25, 0.3) is 0 Å². The van der Waals surface area contributed by atoms with E-state index in [-0.39, 0.29) is 16.8 Å². The van der Waals surface area contributed by atoms with Crippen LogP contribution in [0, 0.1) is 6.26 Å². The average Bonchev–Trinajstić information content (AvgIpc) is 2.77. The Labute approximate surface area is 105 Å². The molecule has 0 unspecified atom stereocenters. The predicted molar refractivity (Wildman–Crippen MR) is 60.1 cm³/mol. The van der Waals surface area contributed by atoms with Crippen LogP contribution in [0.2, 0.25) is 0 Å². The summed E-state index contributed by atoms with van der Waals surface area (Å²) in [7, 11) is 0. The Hall–Kier alpha value is -0.974. The first kappa shape index (κ1) is 11.5. The van der Waals surface area contributed by atoms with Crippen LogP contribution in [0.15, 0.2) is 28.7 Å². The van der Waals surface area contributed by atoms with Crippen LogP contribution in [0.3, 0.4) is 0 Å². The van der Waals surface area contributed by atoms with Gasteiger partial charge < -0.3 is 14.6 Å². The van der Waals surface area contributed by atoms with E-state index in [1.807, 2.05) is 12.1 Å². The molecule has 0 saturated carbocycles. The second-order valence-electron chi connectivity index (χ2n) is 3.82.